The van der Waals surface area contributed by atoms with Crippen molar-refractivity contribution < 1.29 is 4.79 Å². The van der Waals surface area contributed by atoms with E-state index < -0.39 is 0 Å². The molecule has 1 aromatic heterocycles. The van der Waals surface area contributed by atoms with Gasteiger partial charge in [0.05, 0.1) is 0 Å². The summed E-state index contributed by atoms with van der Waals surface area (Å²) in [6.07, 6.45) is 3.39. The molecule has 5 nitrogen and oxygen atoms in total. The molecule has 1 amide bonds. The maximum absolute atomic E-state index is 12.1. The summed E-state index contributed by atoms with van der Waals surface area (Å²) in [5, 5.41) is 3.60. The van der Waals surface area contributed by atoms with Gasteiger partial charge in [-0.15, -0.1) is 0 Å². The zero-order valence-corrected chi connectivity index (χ0v) is 10.1. The Morgan fingerprint density at radius 3 is 2.69 bits per heavy atom. The molecule has 0 saturated carbocycles. The van der Waals surface area contributed by atoms with Crippen molar-refractivity contribution in [3.8, 4) is 0 Å². The molecule has 3 N–H and O–H groups in total. The zero-order chi connectivity index (χ0) is 11.5. The van der Waals surface area contributed by atoms with Crippen LogP contribution >= 0.6 is 11.3 Å². The first-order valence-electron chi connectivity index (χ1n) is 5.45. The van der Waals surface area contributed by atoms with Gasteiger partial charge in [0, 0.05) is 20.1 Å². The first kappa shape index (κ1) is 11.2. The topological polar surface area (TPSA) is 71.2 Å². The van der Waals surface area contributed by atoms with Crippen molar-refractivity contribution in [3.05, 3.63) is 4.88 Å². The van der Waals surface area contributed by atoms with E-state index in [2.05, 4.69) is 10.3 Å². The Balaban J connectivity index is 2.15. The number of anilines is 2. The third-order valence-electron chi connectivity index (χ3n) is 2.70. The largest absolute Gasteiger partial charge is 0.382 e. The van der Waals surface area contributed by atoms with Crippen LogP contribution in [0.3, 0.4) is 0 Å². The van der Waals surface area contributed by atoms with Crippen LogP contribution in [0.5, 0.6) is 0 Å². The maximum atomic E-state index is 12.1. The monoisotopic (exact) mass is 240 g/mol. The van der Waals surface area contributed by atoms with E-state index in [0.29, 0.717) is 15.8 Å². The normalized spacial score (nSPS) is 16.2. The number of amides is 1. The van der Waals surface area contributed by atoms with Crippen LogP contribution in [0.2, 0.25) is 0 Å². The summed E-state index contributed by atoms with van der Waals surface area (Å²) in [4.78, 5) is 18.7. The molecule has 0 spiro atoms. The number of hydrogen-bond donors (Lipinski definition) is 2. The quantitative estimate of drug-likeness (QED) is 0.819. The van der Waals surface area contributed by atoms with Crippen molar-refractivity contribution in [3.63, 3.8) is 0 Å². The van der Waals surface area contributed by atoms with Crippen LogP contribution in [0, 0.1) is 0 Å². The lowest BCUT2D eigenvalue weighted by atomic mass is 10.1. The molecular weight excluding hydrogens is 224 g/mol. The molecule has 0 unspecified atom stereocenters. The number of nitrogens with zero attached hydrogens (tertiary/aromatic N) is 2. The predicted octanol–water partition coefficient (Wildman–Crippen LogP) is 1.39. The minimum atomic E-state index is 0.0243. The van der Waals surface area contributed by atoms with Crippen LogP contribution in [0.25, 0.3) is 0 Å². The Kier molecular flexibility index (Phi) is 3.28. The van der Waals surface area contributed by atoms with Gasteiger partial charge in [0.15, 0.2) is 5.13 Å². The van der Waals surface area contributed by atoms with Gasteiger partial charge in [-0.2, -0.15) is 0 Å². The van der Waals surface area contributed by atoms with E-state index in [4.69, 9.17) is 5.73 Å². The molecule has 2 rings (SSSR count). The molecule has 0 bridgehead atoms. The summed E-state index contributed by atoms with van der Waals surface area (Å²) in [5.41, 5.74) is 5.74. The van der Waals surface area contributed by atoms with Gasteiger partial charge in [-0.1, -0.05) is 11.3 Å². The van der Waals surface area contributed by atoms with Crippen molar-refractivity contribution >= 4 is 28.2 Å². The molecule has 0 atom stereocenters. The van der Waals surface area contributed by atoms with E-state index in [0.717, 1.165) is 25.9 Å². The van der Waals surface area contributed by atoms with Gasteiger partial charge in [0.2, 0.25) is 0 Å². The maximum Gasteiger partial charge on any atom is 0.267 e. The van der Waals surface area contributed by atoms with Gasteiger partial charge in [-0.3, -0.25) is 4.79 Å². The van der Waals surface area contributed by atoms with E-state index in [1.54, 1.807) is 7.05 Å². The highest BCUT2D eigenvalue weighted by molar-refractivity contribution is 7.18. The third kappa shape index (κ3) is 2.11. The van der Waals surface area contributed by atoms with Gasteiger partial charge >= 0.3 is 0 Å². The molecule has 6 heteroatoms. The van der Waals surface area contributed by atoms with Crippen LogP contribution < -0.4 is 11.1 Å². The highest BCUT2D eigenvalue weighted by atomic mass is 32.1. The molecule has 0 aromatic carbocycles. The van der Waals surface area contributed by atoms with Gasteiger partial charge in [-0.05, 0) is 19.3 Å². The molecule has 0 aliphatic carbocycles. The third-order valence-corrected chi connectivity index (χ3v) is 3.78. The van der Waals surface area contributed by atoms with Crippen molar-refractivity contribution in [2.75, 3.05) is 31.2 Å². The first-order chi connectivity index (χ1) is 7.72. The van der Waals surface area contributed by atoms with Crippen LogP contribution in [-0.4, -0.2) is 35.9 Å². The van der Waals surface area contributed by atoms with Crippen LogP contribution in [0.15, 0.2) is 0 Å². The fraction of sp³-hybridized carbons (Fsp3) is 0.600. The average molecular weight is 240 g/mol. The predicted molar refractivity (Wildman–Crippen MR) is 65.8 cm³/mol. The van der Waals surface area contributed by atoms with E-state index in [1.165, 1.54) is 17.8 Å². The highest BCUT2D eigenvalue weighted by Gasteiger charge is 2.23. The summed E-state index contributed by atoms with van der Waals surface area (Å²) >= 11 is 1.32. The summed E-state index contributed by atoms with van der Waals surface area (Å²) in [6, 6.07) is 0. The Hall–Kier alpha value is -1.30. The number of thiazole rings is 1. The first-order valence-corrected chi connectivity index (χ1v) is 6.27. The molecule has 16 heavy (non-hydrogen) atoms. The number of carbonyl (C=O) groups is 1. The standard InChI is InChI=1S/C10H16N4OS/c1-12-10-13-8(11)7(16-10)9(15)14-5-3-2-4-6-14/h2-6,11H2,1H3,(H,12,13). The van der Waals surface area contributed by atoms with Crippen molar-refractivity contribution in [1.82, 2.24) is 9.88 Å². The molecule has 88 valence electrons. The van der Waals surface area contributed by atoms with Crippen molar-refractivity contribution in [2.45, 2.75) is 19.3 Å². The van der Waals surface area contributed by atoms with Gasteiger partial charge in [-0.25, -0.2) is 4.98 Å². The summed E-state index contributed by atoms with van der Waals surface area (Å²) in [5.74, 6) is 0.362. The lowest BCUT2D eigenvalue weighted by molar-refractivity contribution is 0.0730. The molecule has 1 aromatic rings. The molecule has 1 aliphatic heterocycles. The van der Waals surface area contributed by atoms with Crippen molar-refractivity contribution in [1.29, 1.82) is 0 Å². The minimum absolute atomic E-state index is 0.0243. The van der Waals surface area contributed by atoms with E-state index >= 15 is 0 Å². The Labute approximate surface area is 98.7 Å². The number of carbonyl (C=O) groups excluding carboxylic acids is 1. The van der Waals surface area contributed by atoms with Gasteiger partial charge < -0.3 is 16.0 Å². The lowest BCUT2D eigenvalue weighted by Crippen LogP contribution is -2.35. The zero-order valence-electron chi connectivity index (χ0n) is 9.32. The SMILES string of the molecule is CNc1nc(N)c(C(=O)N2CCCCC2)s1. The number of nitrogens with one attached hydrogen (secondary N) is 1. The summed E-state index contributed by atoms with van der Waals surface area (Å²) < 4.78 is 0. The van der Waals surface area contributed by atoms with E-state index in [1.807, 2.05) is 4.90 Å². The molecule has 1 fully saturated rings. The lowest BCUT2D eigenvalue weighted by Gasteiger charge is -2.26. The van der Waals surface area contributed by atoms with Crippen LogP contribution in [0.1, 0.15) is 28.9 Å². The number of piperidine rings is 1. The Morgan fingerprint density at radius 1 is 1.44 bits per heavy atom. The summed E-state index contributed by atoms with van der Waals surface area (Å²) in [6.45, 7) is 1.68. The van der Waals surface area contributed by atoms with Crippen LogP contribution in [-0.2, 0) is 0 Å². The second-order valence-electron chi connectivity index (χ2n) is 3.84. The van der Waals surface area contributed by atoms with Crippen molar-refractivity contribution in [2.24, 2.45) is 0 Å². The average Bonchev–Trinajstić information content (AvgIpc) is 2.71. The smallest absolute Gasteiger partial charge is 0.267 e. The second kappa shape index (κ2) is 4.69. The van der Waals surface area contributed by atoms with E-state index in [-0.39, 0.29) is 5.91 Å². The minimum Gasteiger partial charge on any atom is -0.382 e. The summed E-state index contributed by atoms with van der Waals surface area (Å²) in [7, 11) is 1.77. The highest BCUT2D eigenvalue weighted by Crippen LogP contribution is 2.26. The Morgan fingerprint density at radius 2 is 2.12 bits per heavy atom. The van der Waals surface area contributed by atoms with E-state index in [9.17, 15) is 4.79 Å². The van der Waals surface area contributed by atoms with Gasteiger partial charge in [0.1, 0.15) is 10.7 Å². The molecule has 0 radical (unpaired) electrons. The molecular formula is C10H16N4OS. The number of aromatic nitrogens is 1. The molecule has 1 aliphatic rings. The second-order valence-corrected chi connectivity index (χ2v) is 4.84. The van der Waals surface area contributed by atoms with Gasteiger partial charge in [0.25, 0.3) is 5.91 Å². The molecule has 1 saturated heterocycles. The number of hydrogen-bond acceptors (Lipinski definition) is 5. The number of rotatable bonds is 2. The number of nitrogens with two attached hydrogens (primary N) is 1. The molecule has 2 heterocycles. The van der Waals surface area contributed by atoms with Crippen LogP contribution in [0.4, 0.5) is 10.9 Å². The number of likely N-dealkylation sites (tertiary alicyclic amines) is 1. The number of nitrogen functional groups attached to an aromatic ring is 1. The fourth-order valence-corrected chi connectivity index (χ4v) is 2.64. The Bertz CT molecular complexity index is 384. The fourth-order valence-electron chi connectivity index (χ4n) is 1.83.